The molecule has 0 spiro atoms. The van der Waals surface area contributed by atoms with Crippen LogP contribution in [-0.2, 0) is 0 Å². The minimum absolute atomic E-state index is 0.196. The summed E-state index contributed by atoms with van der Waals surface area (Å²) in [6.45, 7) is 3.97. The number of rotatable bonds is 2. The highest BCUT2D eigenvalue weighted by Gasteiger charge is 2.05. The summed E-state index contributed by atoms with van der Waals surface area (Å²) in [6.07, 6.45) is 1.75. The zero-order chi connectivity index (χ0) is 10.7. The maximum Gasteiger partial charge on any atom is 0.120 e. The van der Waals surface area contributed by atoms with Crippen molar-refractivity contribution in [2.24, 2.45) is 5.92 Å². The molecule has 1 nitrogen and oxygen atoms in total. The lowest BCUT2D eigenvalue weighted by Gasteiger charge is -2.05. The van der Waals surface area contributed by atoms with Crippen molar-refractivity contribution in [3.8, 4) is 0 Å². The number of halogens is 2. The van der Waals surface area contributed by atoms with Gasteiger partial charge in [-0.15, -0.1) is 0 Å². The summed E-state index contributed by atoms with van der Waals surface area (Å²) in [5, 5.41) is 10.7. The van der Waals surface area contributed by atoms with Gasteiger partial charge in [-0.1, -0.05) is 37.0 Å². The molecule has 0 amide bonds. The maximum absolute atomic E-state index is 9.70. The summed E-state index contributed by atoms with van der Waals surface area (Å²) < 4.78 is 0. The Kier molecular flexibility index (Phi) is 3.85. The van der Waals surface area contributed by atoms with Crippen LogP contribution in [0.3, 0.4) is 0 Å². The van der Waals surface area contributed by atoms with Crippen LogP contribution in [0.15, 0.2) is 24.3 Å². The molecular weight excluding hydrogens is 219 g/mol. The summed E-state index contributed by atoms with van der Waals surface area (Å²) in [4.78, 5) is 0. The number of aliphatic hydroxyl groups excluding tert-OH is 1. The Labute approximate surface area is 94.0 Å². The Morgan fingerprint density at radius 3 is 2.50 bits per heavy atom. The average molecular weight is 231 g/mol. The van der Waals surface area contributed by atoms with Crippen molar-refractivity contribution in [1.82, 2.24) is 0 Å². The highest BCUT2D eigenvalue weighted by molar-refractivity contribution is 6.35. The predicted molar refractivity (Wildman–Crippen MR) is 61.9 cm³/mol. The lowest BCUT2D eigenvalue weighted by molar-refractivity contribution is 0.506. The number of benzene rings is 1. The van der Waals surface area contributed by atoms with Crippen molar-refractivity contribution in [3.05, 3.63) is 39.9 Å². The molecule has 0 aromatic heterocycles. The van der Waals surface area contributed by atoms with E-state index in [0.717, 1.165) is 0 Å². The summed E-state index contributed by atoms with van der Waals surface area (Å²) in [5.41, 5.74) is 0.616. The van der Waals surface area contributed by atoms with Crippen LogP contribution in [0.2, 0.25) is 10.0 Å². The third-order valence-corrected chi connectivity index (χ3v) is 2.25. The van der Waals surface area contributed by atoms with Gasteiger partial charge in [-0.2, -0.15) is 0 Å². The first-order chi connectivity index (χ1) is 6.50. The fourth-order valence-electron chi connectivity index (χ4n) is 1.10. The molecule has 0 radical (unpaired) electrons. The van der Waals surface area contributed by atoms with Crippen molar-refractivity contribution in [3.63, 3.8) is 0 Å². The Hall–Kier alpha value is -0.660. The molecule has 0 saturated heterocycles. The first-order valence-corrected chi connectivity index (χ1v) is 5.12. The maximum atomic E-state index is 9.70. The first-order valence-electron chi connectivity index (χ1n) is 4.37. The fraction of sp³-hybridized carbons (Fsp3) is 0.273. The van der Waals surface area contributed by atoms with E-state index in [9.17, 15) is 5.11 Å². The predicted octanol–water partition coefficient (Wildman–Crippen LogP) is 4.55. The van der Waals surface area contributed by atoms with Crippen molar-refractivity contribution in [1.29, 1.82) is 0 Å². The number of hydrogen-bond acceptors (Lipinski definition) is 1. The van der Waals surface area contributed by atoms with E-state index < -0.39 is 0 Å². The van der Waals surface area contributed by atoms with Crippen molar-refractivity contribution in [2.45, 2.75) is 13.8 Å². The van der Waals surface area contributed by atoms with E-state index in [-0.39, 0.29) is 11.7 Å². The van der Waals surface area contributed by atoms with E-state index in [1.807, 2.05) is 13.8 Å². The summed E-state index contributed by atoms with van der Waals surface area (Å²) >= 11 is 11.7. The lowest BCUT2D eigenvalue weighted by atomic mass is 10.1. The third kappa shape index (κ3) is 2.93. The number of allylic oxidation sites excluding steroid dienone is 1. The molecule has 3 heteroatoms. The SMILES string of the molecule is CC(C)/C=C(\O)c1ccc(Cl)cc1Cl. The van der Waals surface area contributed by atoms with E-state index >= 15 is 0 Å². The molecule has 1 aromatic carbocycles. The van der Waals surface area contributed by atoms with Gasteiger partial charge in [0.25, 0.3) is 0 Å². The molecule has 1 rings (SSSR count). The Morgan fingerprint density at radius 2 is 2.00 bits per heavy atom. The molecule has 0 unspecified atom stereocenters. The Morgan fingerprint density at radius 1 is 1.36 bits per heavy atom. The molecule has 0 heterocycles. The van der Waals surface area contributed by atoms with Crippen LogP contribution in [0.1, 0.15) is 19.4 Å². The monoisotopic (exact) mass is 230 g/mol. The topological polar surface area (TPSA) is 20.2 Å². The second-order valence-electron chi connectivity index (χ2n) is 3.42. The van der Waals surface area contributed by atoms with Gasteiger partial charge in [-0.3, -0.25) is 0 Å². The summed E-state index contributed by atoms with van der Waals surface area (Å²) in [7, 11) is 0. The zero-order valence-electron chi connectivity index (χ0n) is 8.09. The van der Waals surface area contributed by atoms with Gasteiger partial charge >= 0.3 is 0 Å². The van der Waals surface area contributed by atoms with Gasteiger partial charge in [-0.05, 0) is 30.2 Å². The highest BCUT2D eigenvalue weighted by atomic mass is 35.5. The van der Waals surface area contributed by atoms with Crippen LogP contribution in [-0.4, -0.2) is 5.11 Å². The van der Waals surface area contributed by atoms with Gasteiger partial charge in [0.2, 0.25) is 0 Å². The Balaban J connectivity index is 3.07. The van der Waals surface area contributed by atoms with Gasteiger partial charge in [0.1, 0.15) is 5.76 Å². The molecule has 0 atom stereocenters. The Bertz CT molecular complexity index is 356. The summed E-state index contributed by atoms with van der Waals surface area (Å²) in [6, 6.07) is 5.02. The van der Waals surface area contributed by atoms with Gasteiger partial charge < -0.3 is 5.11 Å². The quantitative estimate of drug-likeness (QED) is 0.740. The number of aliphatic hydroxyl groups is 1. The van der Waals surface area contributed by atoms with Crippen molar-refractivity contribution >= 4 is 29.0 Å². The largest absolute Gasteiger partial charge is 0.508 e. The van der Waals surface area contributed by atoms with E-state index in [1.165, 1.54) is 0 Å². The number of hydrogen-bond donors (Lipinski definition) is 1. The van der Waals surface area contributed by atoms with Crippen LogP contribution in [0, 0.1) is 5.92 Å². The first kappa shape index (κ1) is 11.4. The standard InChI is InChI=1S/C11H12Cl2O/c1-7(2)5-11(14)9-4-3-8(12)6-10(9)13/h3-7,14H,1-2H3/b11-5-. The molecule has 14 heavy (non-hydrogen) atoms. The van der Waals surface area contributed by atoms with Gasteiger partial charge in [0.05, 0.1) is 5.02 Å². The molecule has 0 bridgehead atoms. The fourth-order valence-corrected chi connectivity index (χ4v) is 1.61. The van der Waals surface area contributed by atoms with Gasteiger partial charge in [-0.25, -0.2) is 0 Å². The molecule has 0 fully saturated rings. The molecule has 0 aliphatic heterocycles. The normalized spacial score (nSPS) is 12.2. The minimum atomic E-state index is 0.196. The second-order valence-corrected chi connectivity index (χ2v) is 4.26. The van der Waals surface area contributed by atoms with E-state index in [0.29, 0.717) is 15.6 Å². The van der Waals surface area contributed by atoms with Crippen molar-refractivity contribution < 1.29 is 5.11 Å². The molecule has 0 aliphatic rings. The lowest BCUT2D eigenvalue weighted by Crippen LogP contribution is -1.88. The third-order valence-electron chi connectivity index (χ3n) is 1.70. The second kappa shape index (κ2) is 4.72. The average Bonchev–Trinajstić information content (AvgIpc) is 2.01. The van der Waals surface area contributed by atoms with Gasteiger partial charge in [0.15, 0.2) is 0 Å². The minimum Gasteiger partial charge on any atom is -0.508 e. The molecule has 0 saturated carbocycles. The van der Waals surface area contributed by atoms with Crippen molar-refractivity contribution in [2.75, 3.05) is 0 Å². The molecular formula is C11H12Cl2O. The van der Waals surface area contributed by atoms with E-state index in [2.05, 4.69) is 0 Å². The molecule has 0 aliphatic carbocycles. The smallest absolute Gasteiger partial charge is 0.120 e. The molecule has 76 valence electrons. The van der Waals surface area contributed by atoms with Crippen LogP contribution >= 0.6 is 23.2 Å². The highest BCUT2D eigenvalue weighted by Crippen LogP contribution is 2.26. The zero-order valence-corrected chi connectivity index (χ0v) is 9.60. The van der Waals surface area contributed by atoms with Crippen LogP contribution in [0.25, 0.3) is 5.76 Å². The van der Waals surface area contributed by atoms with Crippen LogP contribution in [0.5, 0.6) is 0 Å². The van der Waals surface area contributed by atoms with E-state index in [4.69, 9.17) is 23.2 Å². The summed E-state index contributed by atoms with van der Waals surface area (Å²) in [5.74, 6) is 0.475. The van der Waals surface area contributed by atoms with Gasteiger partial charge in [0, 0.05) is 10.6 Å². The van der Waals surface area contributed by atoms with Crippen LogP contribution in [0.4, 0.5) is 0 Å². The molecule has 1 aromatic rings. The van der Waals surface area contributed by atoms with E-state index in [1.54, 1.807) is 24.3 Å². The molecule has 1 N–H and O–H groups in total. The van der Waals surface area contributed by atoms with Crippen LogP contribution < -0.4 is 0 Å².